The number of anilines is 1. The second-order valence-electron chi connectivity index (χ2n) is 3.42. The van der Waals surface area contributed by atoms with Crippen molar-refractivity contribution in [3.8, 4) is 0 Å². The topological polar surface area (TPSA) is 66.7 Å². The summed E-state index contributed by atoms with van der Waals surface area (Å²) in [5.74, 6) is 0. The molecule has 0 atom stereocenters. The number of aromatic amines is 1. The molecule has 5 heteroatoms. The number of benzene rings is 1. The zero-order valence-corrected chi connectivity index (χ0v) is 8.47. The van der Waals surface area contributed by atoms with Gasteiger partial charge in [-0.2, -0.15) is 4.98 Å². The van der Waals surface area contributed by atoms with Crippen LogP contribution in [0.5, 0.6) is 0 Å². The molecule has 1 aromatic carbocycles. The first-order valence-corrected chi connectivity index (χ1v) is 4.98. The van der Waals surface area contributed by atoms with Gasteiger partial charge in [-0.05, 0) is 12.1 Å². The van der Waals surface area contributed by atoms with E-state index in [1.54, 1.807) is 12.5 Å². The Morgan fingerprint density at radius 2 is 2.25 bits per heavy atom. The van der Waals surface area contributed by atoms with Crippen LogP contribution in [0.4, 0.5) is 6.01 Å². The van der Waals surface area contributed by atoms with E-state index >= 15 is 0 Å². The van der Waals surface area contributed by atoms with E-state index in [9.17, 15) is 0 Å². The normalized spacial score (nSPS) is 10.8. The Kier molecular flexibility index (Phi) is 2.07. The number of hydrogen-bond acceptors (Lipinski definition) is 4. The first kappa shape index (κ1) is 8.96. The molecule has 0 saturated carbocycles. The highest BCUT2D eigenvalue weighted by molar-refractivity contribution is 5.74. The van der Waals surface area contributed by atoms with Crippen molar-refractivity contribution in [3.63, 3.8) is 0 Å². The van der Waals surface area contributed by atoms with E-state index in [4.69, 9.17) is 4.42 Å². The van der Waals surface area contributed by atoms with Gasteiger partial charge in [0.2, 0.25) is 0 Å². The van der Waals surface area contributed by atoms with E-state index in [1.807, 2.05) is 24.3 Å². The highest BCUT2D eigenvalue weighted by atomic mass is 16.4. The zero-order chi connectivity index (χ0) is 10.8. The predicted molar refractivity (Wildman–Crippen MR) is 59.9 cm³/mol. The van der Waals surface area contributed by atoms with Crippen molar-refractivity contribution in [2.75, 3.05) is 5.32 Å². The van der Waals surface area contributed by atoms with Crippen LogP contribution in [0.2, 0.25) is 0 Å². The lowest BCUT2D eigenvalue weighted by atomic mass is 10.3. The third kappa shape index (κ3) is 1.63. The van der Waals surface area contributed by atoms with Gasteiger partial charge in [-0.25, -0.2) is 4.98 Å². The predicted octanol–water partition coefficient (Wildman–Crippen LogP) is 2.16. The molecular formula is C11H10N4O. The van der Waals surface area contributed by atoms with Crippen LogP contribution in [0.25, 0.3) is 11.1 Å². The van der Waals surface area contributed by atoms with E-state index in [-0.39, 0.29) is 0 Å². The molecule has 0 saturated heterocycles. The molecule has 0 aliphatic heterocycles. The molecule has 0 unspecified atom stereocenters. The maximum Gasteiger partial charge on any atom is 0.296 e. The maximum atomic E-state index is 5.51. The fourth-order valence-corrected chi connectivity index (χ4v) is 1.50. The summed E-state index contributed by atoms with van der Waals surface area (Å²) in [6.45, 7) is 0.618. The molecule has 16 heavy (non-hydrogen) atoms. The number of oxazole rings is 1. The van der Waals surface area contributed by atoms with Crippen molar-refractivity contribution < 1.29 is 4.42 Å². The van der Waals surface area contributed by atoms with Crippen LogP contribution in [0.15, 0.2) is 41.2 Å². The summed E-state index contributed by atoms with van der Waals surface area (Å²) in [5, 5.41) is 3.09. The summed E-state index contributed by atoms with van der Waals surface area (Å²) in [6, 6.07) is 8.19. The van der Waals surface area contributed by atoms with Gasteiger partial charge in [0.25, 0.3) is 6.01 Å². The van der Waals surface area contributed by atoms with Crippen LogP contribution in [-0.4, -0.2) is 15.0 Å². The average molecular weight is 214 g/mol. The van der Waals surface area contributed by atoms with Crippen LogP contribution >= 0.6 is 0 Å². The van der Waals surface area contributed by atoms with Crippen LogP contribution in [-0.2, 0) is 6.54 Å². The number of aromatic nitrogens is 3. The van der Waals surface area contributed by atoms with E-state index in [0.717, 1.165) is 16.8 Å². The number of rotatable bonds is 3. The fourth-order valence-electron chi connectivity index (χ4n) is 1.50. The maximum absolute atomic E-state index is 5.51. The van der Waals surface area contributed by atoms with Crippen LogP contribution in [0.3, 0.4) is 0 Å². The lowest BCUT2D eigenvalue weighted by molar-refractivity contribution is 0.614. The molecule has 0 amide bonds. The van der Waals surface area contributed by atoms with Gasteiger partial charge in [0.15, 0.2) is 5.58 Å². The Hall–Kier alpha value is -2.30. The molecular weight excluding hydrogens is 204 g/mol. The fraction of sp³-hybridized carbons (Fsp3) is 0.0909. The Morgan fingerprint density at radius 1 is 1.31 bits per heavy atom. The third-order valence-corrected chi connectivity index (χ3v) is 2.28. The van der Waals surface area contributed by atoms with Crippen molar-refractivity contribution >= 4 is 17.1 Å². The molecule has 5 nitrogen and oxygen atoms in total. The number of nitrogens with zero attached hydrogens (tertiary/aromatic N) is 2. The van der Waals surface area contributed by atoms with E-state index in [0.29, 0.717) is 12.6 Å². The molecule has 3 rings (SSSR count). The molecule has 2 heterocycles. The highest BCUT2D eigenvalue weighted by Crippen LogP contribution is 2.18. The third-order valence-electron chi connectivity index (χ3n) is 2.28. The summed E-state index contributed by atoms with van der Waals surface area (Å²) < 4.78 is 5.51. The van der Waals surface area contributed by atoms with Gasteiger partial charge in [-0.3, -0.25) is 0 Å². The highest BCUT2D eigenvalue weighted by Gasteiger charge is 2.03. The largest absolute Gasteiger partial charge is 0.424 e. The summed E-state index contributed by atoms with van der Waals surface area (Å²) in [7, 11) is 0. The number of imidazole rings is 1. The second-order valence-corrected chi connectivity index (χ2v) is 3.42. The average Bonchev–Trinajstić information content (AvgIpc) is 2.95. The lowest BCUT2D eigenvalue weighted by Crippen LogP contribution is -1.99. The molecule has 0 aliphatic carbocycles. The van der Waals surface area contributed by atoms with Crippen LogP contribution in [0.1, 0.15) is 5.69 Å². The van der Waals surface area contributed by atoms with E-state index < -0.39 is 0 Å². The summed E-state index contributed by atoms with van der Waals surface area (Å²) in [5.41, 5.74) is 2.63. The van der Waals surface area contributed by atoms with Gasteiger partial charge in [0, 0.05) is 6.20 Å². The summed E-state index contributed by atoms with van der Waals surface area (Å²) in [6.07, 6.45) is 3.40. The van der Waals surface area contributed by atoms with Crippen molar-refractivity contribution in [2.24, 2.45) is 0 Å². The SMILES string of the molecule is c1ccc2oc(NCc3cnc[nH]3)nc2c1. The molecule has 0 aliphatic rings. The minimum atomic E-state index is 0.524. The van der Waals surface area contributed by atoms with Crippen LogP contribution in [0, 0.1) is 0 Å². The molecule has 3 aromatic rings. The molecule has 0 fully saturated rings. The quantitative estimate of drug-likeness (QED) is 0.701. The smallest absolute Gasteiger partial charge is 0.296 e. The number of nitrogens with one attached hydrogen (secondary N) is 2. The zero-order valence-electron chi connectivity index (χ0n) is 8.47. The van der Waals surface area contributed by atoms with Crippen molar-refractivity contribution in [2.45, 2.75) is 6.54 Å². The van der Waals surface area contributed by atoms with Gasteiger partial charge in [-0.1, -0.05) is 12.1 Å². The van der Waals surface area contributed by atoms with Crippen molar-refractivity contribution in [1.82, 2.24) is 15.0 Å². The summed E-state index contributed by atoms with van der Waals surface area (Å²) >= 11 is 0. The number of para-hydroxylation sites is 2. The molecule has 0 radical (unpaired) electrons. The molecule has 2 aromatic heterocycles. The van der Waals surface area contributed by atoms with Gasteiger partial charge in [0.1, 0.15) is 5.52 Å². The second kappa shape index (κ2) is 3.69. The Balaban J connectivity index is 1.79. The number of H-pyrrole nitrogens is 1. The Bertz CT molecular complexity index is 552. The standard InChI is InChI=1S/C11H10N4O/c1-2-4-10-9(3-1)15-11(16-10)13-6-8-5-12-7-14-8/h1-5,7H,6H2,(H,12,14)(H,13,15). The minimum Gasteiger partial charge on any atom is -0.424 e. The Labute approximate surface area is 91.5 Å². The Morgan fingerprint density at radius 3 is 3.06 bits per heavy atom. The van der Waals surface area contributed by atoms with E-state index in [1.165, 1.54) is 0 Å². The molecule has 0 bridgehead atoms. The van der Waals surface area contributed by atoms with Crippen LogP contribution < -0.4 is 5.32 Å². The van der Waals surface area contributed by atoms with Gasteiger partial charge in [-0.15, -0.1) is 0 Å². The van der Waals surface area contributed by atoms with Gasteiger partial charge in [0.05, 0.1) is 18.6 Å². The minimum absolute atomic E-state index is 0.524. The van der Waals surface area contributed by atoms with Crippen molar-refractivity contribution in [1.29, 1.82) is 0 Å². The van der Waals surface area contributed by atoms with E-state index in [2.05, 4.69) is 20.3 Å². The first-order valence-electron chi connectivity index (χ1n) is 4.98. The molecule has 2 N–H and O–H groups in total. The summed E-state index contributed by atoms with van der Waals surface area (Å²) in [4.78, 5) is 11.2. The molecule has 80 valence electrons. The molecule has 0 spiro atoms. The van der Waals surface area contributed by atoms with Gasteiger partial charge >= 0.3 is 0 Å². The lowest BCUT2D eigenvalue weighted by Gasteiger charge is -1.96. The number of hydrogen-bond donors (Lipinski definition) is 2. The monoisotopic (exact) mass is 214 g/mol. The van der Waals surface area contributed by atoms with Crippen molar-refractivity contribution in [3.05, 3.63) is 42.5 Å². The first-order chi connectivity index (χ1) is 7.92. The number of fused-ring (bicyclic) bond motifs is 1. The van der Waals surface area contributed by atoms with Gasteiger partial charge < -0.3 is 14.7 Å².